The molecule has 0 spiro atoms. The number of piperidine rings is 1. The van der Waals surface area contributed by atoms with Gasteiger partial charge in [-0.1, -0.05) is 18.2 Å². The quantitative estimate of drug-likeness (QED) is 0.640. The van der Waals surface area contributed by atoms with E-state index in [1.54, 1.807) is 0 Å². The number of benzene rings is 2. The molecule has 1 amide bonds. The number of fused-ring (bicyclic) bond motifs is 1. The minimum absolute atomic E-state index is 0.0510. The van der Waals surface area contributed by atoms with Crippen molar-refractivity contribution >= 4 is 26.9 Å². The average molecular weight is 448 g/mol. The highest BCUT2D eigenvalue weighted by Crippen LogP contribution is 2.28. The van der Waals surface area contributed by atoms with Crippen LogP contribution < -0.4 is 5.32 Å². The molecule has 1 saturated heterocycles. The van der Waals surface area contributed by atoms with Crippen LogP contribution in [0, 0.1) is 17.6 Å². The Morgan fingerprint density at radius 1 is 1.13 bits per heavy atom. The molecular formula is C22H22F2N2O4S. The zero-order chi connectivity index (χ0) is 22.2. The van der Waals surface area contributed by atoms with E-state index in [2.05, 4.69) is 5.32 Å². The maximum Gasteiger partial charge on any atom is 0.246 e. The molecule has 0 aliphatic carbocycles. The molecule has 2 aromatic carbocycles. The highest BCUT2D eigenvalue weighted by atomic mass is 32.2. The molecule has 3 aromatic rings. The second kappa shape index (κ2) is 8.39. The summed E-state index contributed by atoms with van der Waals surface area (Å²) in [6.45, 7) is 1.92. The number of rotatable bonds is 5. The second-order valence-electron chi connectivity index (χ2n) is 7.67. The van der Waals surface area contributed by atoms with Gasteiger partial charge in [0.25, 0.3) is 0 Å². The molecule has 1 aliphatic rings. The van der Waals surface area contributed by atoms with E-state index in [1.165, 1.54) is 0 Å². The van der Waals surface area contributed by atoms with Crippen molar-refractivity contribution in [1.29, 1.82) is 0 Å². The van der Waals surface area contributed by atoms with Gasteiger partial charge < -0.3 is 9.73 Å². The average Bonchev–Trinajstić information content (AvgIpc) is 3.20. The predicted molar refractivity (Wildman–Crippen MR) is 111 cm³/mol. The predicted octanol–water partition coefficient (Wildman–Crippen LogP) is 3.99. The number of halogens is 2. The van der Waals surface area contributed by atoms with Crippen LogP contribution in [0.2, 0.25) is 0 Å². The van der Waals surface area contributed by atoms with Gasteiger partial charge in [-0.25, -0.2) is 17.2 Å². The van der Waals surface area contributed by atoms with E-state index in [4.69, 9.17) is 4.42 Å². The number of nitrogens with one attached hydrogen (secondary N) is 1. The van der Waals surface area contributed by atoms with E-state index < -0.39 is 26.6 Å². The monoisotopic (exact) mass is 448 g/mol. The number of furan rings is 1. The standard InChI is InChI=1S/C22H22F2N2O4S/c1-14(20-12-16-4-2-3-5-19(16)30-20)25-22(27)15-8-10-26(11-9-15)31(28,29)21-13-17(23)6-7-18(21)24/h2-7,12-15H,8-11H2,1H3,(H,25,27). The Labute approximate surface area is 178 Å². The van der Waals surface area contributed by atoms with Gasteiger partial charge in [0.15, 0.2) is 0 Å². The number of para-hydroxylation sites is 1. The summed E-state index contributed by atoms with van der Waals surface area (Å²) in [5.74, 6) is -1.76. The molecule has 1 fully saturated rings. The summed E-state index contributed by atoms with van der Waals surface area (Å²) in [7, 11) is -4.17. The molecule has 31 heavy (non-hydrogen) atoms. The molecule has 6 nitrogen and oxygen atoms in total. The van der Waals surface area contributed by atoms with Crippen LogP contribution in [-0.4, -0.2) is 31.7 Å². The smallest absolute Gasteiger partial charge is 0.246 e. The Kier molecular flexibility index (Phi) is 5.81. The number of sulfonamides is 1. The number of hydrogen-bond acceptors (Lipinski definition) is 4. The summed E-state index contributed by atoms with van der Waals surface area (Å²) in [4.78, 5) is 12.0. The summed E-state index contributed by atoms with van der Waals surface area (Å²) in [5.41, 5.74) is 0.738. The molecule has 164 valence electrons. The second-order valence-corrected chi connectivity index (χ2v) is 9.58. The maximum atomic E-state index is 14.0. The summed E-state index contributed by atoms with van der Waals surface area (Å²) >= 11 is 0. The minimum atomic E-state index is -4.17. The van der Waals surface area contributed by atoms with Crippen LogP contribution in [0.3, 0.4) is 0 Å². The van der Waals surface area contributed by atoms with E-state index in [9.17, 15) is 22.0 Å². The van der Waals surface area contributed by atoms with E-state index >= 15 is 0 Å². The van der Waals surface area contributed by atoms with Gasteiger partial charge in [0, 0.05) is 24.4 Å². The topological polar surface area (TPSA) is 79.6 Å². The number of carbonyl (C=O) groups is 1. The Morgan fingerprint density at radius 2 is 1.84 bits per heavy atom. The van der Waals surface area contributed by atoms with Gasteiger partial charge in [-0.3, -0.25) is 4.79 Å². The molecule has 9 heteroatoms. The summed E-state index contributed by atoms with van der Waals surface area (Å²) in [6.07, 6.45) is 0.573. The molecule has 1 aromatic heterocycles. The molecular weight excluding hydrogens is 426 g/mol. The molecule has 2 heterocycles. The van der Waals surface area contributed by atoms with E-state index in [0.29, 0.717) is 11.8 Å². The van der Waals surface area contributed by atoms with Crippen LogP contribution >= 0.6 is 0 Å². The largest absolute Gasteiger partial charge is 0.459 e. The normalized spacial score (nSPS) is 17.0. The van der Waals surface area contributed by atoms with Crippen molar-refractivity contribution in [2.45, 2.75) is 30.7 Å². The molecule has 1 unspecified atom stereocenters. The first-order valence-electron chi connectivity index (χ1n) is 10.00. The Balaban J connectivity index is 1.39. The van der Waals surface area contributed by atoms with Crippen molar-refractivity contribution < 1.29 is 26.4 Å². The summed E-state index contributed by atoms with van der Waals surface area (Å²) in [5, 5.41) is 3.86. The van der Waals surface area contributed by atoms with Crippen LogP contribution in [0.15, 0.2) is 57.8 Å². The lowest BCUT2D eigenvalue weighted by molar-refractivity contribution is -0.126. The van der Waals surface area contributed by atoms with Gasteiger partial charge in [0.2, 0.25) is 15.9 Å². The fraction of sp³-hybridized carbons (Fsp3) is 0.318. The SMILES string of the molecule is CC(NC(=O)C1CCN(S(=O)(=O)c2cc(F)ccc2F)CC1)c1cc2ccccc2o1. The van der Waals surface area contributed by atoms with E-state index in [0.717, 1.165) is 27.4 Å². The maximum absolute atomic E-state index is 14.0. The first-order chi connectivity index (χ1) is 14.8. The van der Waals surface area contributed by atoms with Crippen LogP contribution in [-0.2, 0) is 14.8 Å². The number of amides is 1. The zero-order valence-corrected chi connectivity index (χ0v) is 17.7. The van der Waals surface area contributed by atoms with Crippen molar-refractivity contribution in [3.63, 3.8) is 0 Å². The molecule has 0 radical (unpaired) electrons. The lowest BCUT2D eigenvalue weighted by Crippen LogP contribution is -2.43. The van der Waals surface area contributed by atoms with Crippen LogP contribution in [0.1, 0.15) is 31.6 Å². The molecule has 1 N–H and O–H groups in total. The van der Waals surface area contributed by atoms with Gasteiger partial charge in [0.1, 0.15) is 27.9 Å². The van der Waals surface area contributed by atoms with E-state index in [1.807, 2.05) is 37.3 Å². The number of carbonyl (C=O) groups excluding carboxylic acids is 1. The Hall–Kier alpha value is -2.78. The van der Waals surface area contributed by atoms with Crippen molar-refractivity contribution in [1.82, 2.24) is 9.62 Å². The number of hydrogen-bond donors (Lipinski definition) is 1. The number of nitrogens with zero attached hydrogens (tertiary/aromatic N) is 1. The first-order valence-corrected chi connectivity index (χ1v) is 11.4. The molecule has 1 atom stereocenters. The third-order valence-electron chi connectivity index (χ3n) is 5.57. The van der Waals surface area contributed by atoms with Crippen LogP contribution in [0.25, 0.3) is 11.0 Å². The van der Waals surface area contributed by atoms with Crippen LogP contribution in [0.4, 0.5) is 8.78 Å². The zero-order valence-electron chi connectivity index (χ0n) is 16.8. The summed E-state index contributed by atoms with van der Waals surface area (Å²) in [6, 6.07) is 11.4. The summed E-state index contributed by atoms with van der Waals surface area (Å²) < 4.78 is 59.7. The highest BCUT2D eigenvalue weighted by molar-refractivity contribution is 7.89. The third-order valence-corrected chi connectivity index (χ3v) is 7.48. The van der Waals surface area contributed by atoms with E-state index in [-0.39, 0.29) is 43.8 Å². The minimum Gasteiger partial charge on any atom is -0.459 e. The molecule has 1 aliphatic heterocycles. The third kappa shape index (κ3) is 4.33. The van der Waals surface area contributed by atoms with Crippen molar-refractivity contribution in [2.24, 2.45) is 5.92 Å². The van der Waals surface area contributed by atoms with Gasteiger partial charge in [-0.05, 0) is 50.1 Å². The van der Waals surface area contributed by atoms with Gasteiger partial charge in [0.05, 0.1) is 6.04 Å². The van der Waals surface area contributed by atoms with Gasteiger partial charge in [-0.2, -0.15) is 4.31 Å². The Morgan fingerprint density at radius 3 is 2.55 bits per heavy atom. The lowest BCUT2D eigenvalue weighted by Gasteiger charge is -2.31. The first kappa shape index (κ1) is 21.5. The Bertz CT molecular complexity index is 1180. The molecule has 0 bridgehead atoms. The highest BCUT2D eigenvalue weighted by Gasteiger charge is 2.34. The van der Waals surface area contributed by atoms with Crippen molar-refractivity contribution in [3.05, 3.63) is 65.9 Å². The lowest BCUT2D eigenvalue weighted by atomic mass is 9.97. The molecule has 0 saturated carbocycles. The van der Waals surface area contributed by atoms with Crippen molar-refractivity contribution in [3.8, 4) is 0 Å². The van der Waals surface area contributed by atoms with Crippen LogP contribution in [0.5, 0.6) is 0 Å². The molecule has 4 rings (SSSR count). The fourth-order valence-electron chi connectivity index (χ4n) is 3.79. The van der Waals surface area contributed by atoms with Gasteiger partial charge >= 0.3 is 0 Å². The fourth-order valence-corrected chi connectivity index (χ4v) is 5.34. The van der Waals surface area contributed by atoms with Gasteiger partial charge in [-0.15, -0.1) is 0 Å². The van der Waals surface area contributed by atoms with Crippen molar-refractivity contribution in [2.75, 3.05) is 13.1 Å².